The first kappa shape index (κ1) is 14.3. The van der Waals surface area contributed by atoms with Gasteiger partial charge in [-0.05, 0) is 43.2 Å². The minimum Gasteiger partial charge on any atom is -0.426 e. The van der Waals surface area contributed by atoms with E-state index >= 15 is 0 Å². The van der Waals surface area contributed by atoms with E-state index in [1.165, 1.54) is 0 Å². The van der Waals surface area contributed by atoms with E-state index in [0.29, 0.717) is 5.75 Å². The second-order valence-corrected chi connectivity index (χ2v) is 5.28. The van der Waals surface area contributed by atoms with Crippen LogP contribution in [0.1, 0.15) is 16.8 Å². The van der Waals surface area contributed by atoms with Gasteiger partial charge < -0.3 is 4.74 Å². The smallest absolute Gasteiger partial charge is 0.315 e. The number of pyridine rings is 1. The molecule has 0 N–H and O–H groups in total. The molecule has 2 aromatic carbocycles. The predicted octanol–water partition coefficient (Wildman–Crippen LogP) is 4.00. The molecule has 0 aliphatic heterocycles. The van der Waals surface area contributed by atoms with Crippen LogP contribution in [-0.2, 0) is 11.2 Å². The average molecular weight is 291 g/mol. The third-order valence-corrected chi connectivity index (χ3v) is 3.78. The van der Waals surface area contributed by atoms with Gasteiger partial charge in [-0.15, -0.1) is 0 Å². The molecule has 0 bridgehead atoms. The zero-order chi connectivity index (χ0) is 15.5. The molecule has 3 nitrogen and oxygen atoms in total. The van der Waals surface area contributed by atoms with Gasteiger partial charge in [-0.2, -0.15) is 0 Å². The Morgan fingerprint density at radius 1 is 1.00 bits per heavy atom. The van der Waals surface area contributed by atoms with Gasteiger partial charge >= 0.3 is 5.97 Å². The Hall–Kier alpha value is -2.68. The summed E-state index contributed by atoms with van der Waals surface area (Å²) in [6.07, 6.45) is 0.227. The van der Waals surface area contributed by atoms with E-state index in [4.69, 9.17) is 4.74 Å². The lowest BCUT2D eigenvalue weighted by Gasteiger charge is -2.12. The van der Waals surface area contributed by atoms with Gasteiger partial charge in [-0.1, -0.05) is 36.4 Å². The maximum atomic E-state index is 12.2. The Morgan fingerprint density at radius 3 is 2.45 bits per heavy atom. The van der Waals surface area contributed by atoms with Crippen molar-refractivity contribution in [1.82, 2.24) is 4.98 Å². The van der Waals surface area contributed by atoms with Gasteiger partial charge in [-0.3, -0.25) is 9.78 Å². The zero-order valence-corrected chi connectivity index (χ0v) is 12.7. The van der Waals surface area contributed by atoms with E-state index in [9.17, 15) is 4.79 Å². The minimum absolute atomic E-state index is 0.227. The van der Waals surface area contributed by atoms with Gasteiger partial charge in [0.05, 0.1) is 11.9 Å². The lowest BCUT2D eigenvalue weighted by molar-refractivity contribution is -0.133. The van der Waals surface area contributed by atoms with Crippen LogP contribution in [0, 0.1) is 13.8 Å². The number of ether oxygens (including phenoxy) is 1. The van der Waals surface area contributed by atoms with E-state index in [0.717, 1.165) is 27.7 Å². The van der Waals surface area contributed by atoms with Crippen molar-refractivity contribution in [2.45, 2.75) is 20.3 Å². The molecular formula is C19H17NO2. The summed E-state index contributed by atoms with van der Waals surface area (Å²) < 4.78 is 5.37. The number of hydrogen-bond donors (Lipinski definition) is 0. The van der Waals surface area contributed by atoms with Crippen LogP contribution in [0.15, 0.2) is 54.6 Å². The van der Waals surface area contributed by atoms with E-state index in [2.05, 4.69) is 4.98 Å². The number of carbonyl (C=O) groups is 1. The van der Waals surface area contributed by atoms with Crippen LogP contribution in [-0.4, -0.2) is 11.0 Å². The molecule has 0 atom stereocenters. The topological polar surface area (TPSA) is 39.2 Å². The molecule has 0 fully saturated rings. The molecule has 0 unspecified atom stereocenters. The van der Waals surface area contributed by atoms with Gasteiger partial charge in [0, 0.05) is 11.1 Å². The van der Waals surface area contributed by atoms with Crippen molar-refractivity contribution in [2.75, 3.05) is 0 Å². The van der Waals surface area contributed by atoms with Crippen LogP contribution >= 0.6 is 0 Å². The number of esters is 1. The number of nitrogens with zero attached hydrogens (tertiary/aromatic N) is 1. The summed E-state index contributed by atoms with van der Waals surface area (Å²) in [5.41, 5.74) is 3.87. The molecule has 0 aliphatic rings. The van der Waals surface area contributed by atoms with Gasteiger partial charge in [0.2, 0.25) is 0 Å². The Kier molecular flexibility index (Phi) is 3.88. The van der Waals surface area contributed by atoms with Crippen LogP contribution in [0.5, 0.6) is 5.75 Å². The number of aromatic nitrogens is 1. The van der Waals surface area contributed by atoms with Crippen LogP contribution in [0.3, 0.4) is 0 Å². The van der Waals surface area contributed by atoms with E-state index in [1.54, 1.807) is 12.1 Å². The highest BCUT2D eigenvalue weighted by atomic mass is 16.5. The summed E-state index contributed by atoms with van der Waals surface area (Å²) in [7, 11) is 0. The zero-order valence-electron chi connectivity index (χ0n) is 12.7. The largest absolute Gasteiger partial charge is 0.426 e. The van der Waals surface area contributed by atoms with Crippen LogP contribution in [0.4, 0.5) is 0 Å². The van der Waals surface area contributed by atoms with Crippen molar-refractivity contribution < 1.29 is 9.53 Å². The maximum Gasteiger partial charge on any atom is 0.315 e. The lowest BCUT2D eigenvalue weighted by Crippen LogP contribution is -2.13. The highest BCUT2D eigenvalue weighted by molar-refractivity contribution is 5.85. The third-order valence-electron chi connectivity index (χ3n) is 3.78. The van der Waals surface area contributed by atoms with Crippen molar-refractivity contribution >= 4 is 16.9 Å². The molecular weight excluding hydrogens is 274 g/mol. The highest BCUT2D eigenvalue weighted by Crippen LogP contribution is 2.23. The fraction of sp³-hybridized carbons (Fsp3) is 0.158. The summed E-state index contributed by atoms with van der Waals surface area (Å²) in [4.78, 5) is 16.8. The molecule has 3 rings (SSSR count). The second-order valence-electron chi connectivity index (χ2n) is 5.28. The molecule has 0 aliphatic carbocycles. The van der Waals surface area contributed by atoms with Gasteiger partial charge in [0.1, 0.15) is 5.75 Å². The standard InChI is InChI=1S/C19H17NO2/c1-13-16-10-6-7-11-18(16)20-14(2)17(13)12-19(21)22-15-8-4-3-5-9-15/h3-11H,12H2,1-2H3. The minimum atomic E-state index is -0.269. The lowest BCUT2D eigenvalue weighted by atomic mass is 10.00. The van der Waals surface area contributed by atoms with Crippen molar-refractivity contribution in [3.05, 3.63) is 71.4 Å². The van der Waals surface area contributed by atoms with Gasteiger partial charge in [0.15, 0.2) is 0 Å². The summed E-state index contributed by atoms with van der Waals surface area (Å²) in [6, 6.07) is 17.1. The molecule has 0 amide bonds. The predicted molar refractivity (Wildman–Crippen MR) is 87.0 cm³/mol. The second kappa shape index (κ2) is 5.98. The number of benzene rings is 2. The fourth-order valence-corrected chi connectivity index (χ4v) is 2.63. The highest BCUT2D eigenvalue weighted by Gasteiger charge is 2.14. The maximum absolute atomic E-state index is 12.2. The normalized spacial score (nSPS) is 10.6. The van der Waals surface area contributed by atoms with Crippen molar-refractivity contribution in [3.63, 3.8) is 0 Å². The van der Waals surface area contributed by atoms with Crippen LogP contribution in [0.25, 0.3) is 10.9 Å². The molecule has 0 spiro atoms. The fourth-order valence-electron chi connectivity index (χ4n) is 2.63. The summed E-state index contributed by atoms with van der Waals surface area (Å²) in [5, 5.41) is 1.08. The molecule has 1 heterocycles. The van der Waals surface area contributed by atoms with Crippen molar-refractivity contribution in [3.8, 4) is 5.75 Å². The summed E-state index contributed by atoms with van der Waals surface area (Å²) >= 11 is 0. The molecule has 3 aromatic rings. The van der Waals surface area contributed by atoms with E-state index in [-0.39, 0.29) is 12.4 Å². The Bertz CT molecular complexity index is 825. The molecule has 1 aromatic heterocycles. The first-order valence-corrected chi connectivity index (χ1v) is 7.25. The number of carbonyl (C=O) groups excluding carboxylic acids is 1. The van der Waals surface area contributed by atoms with E-state index < -0.39 is 0 Å². The van der Waals surface area contributed by atoms with Gasteiger partial charge in [-0.25, -0.2) is 0 Å². The number of para-hydroxylation sites is 2. The number of fused-ring (bicyclic) bond motifs is 1. The number of hydrogen-bond acceptors (Lipinski definition) is 3. The Morgan fingerprint density at radius 2 is 1.68 bits per heavy atom. The molecule has 22 heavy (non-hydrogen) atoms. The molecule has 0 saturated carbocycles. The third kappa shape index (κ3) is 2.84. The quantitative estimate of drug-likeness (QED) is 0.541. The average Bonchev–Trinajstić information content (AvgIpc) is 2.52. The van der Waals surface area contributed by atoms with Crippen molar-refractivity contribution in [1.29, 1.82) is 0 Å². The summed E-state index contributed by atoms with van der Waals surface area (Å²) in [6.45, 7) is 3.96. The molecule has 0 saturated heterocycles. The van der Waals surface area contributed by atoms with Crippen LogP contribution in [0.2, 0.25) is 0 Å². The monoisotopic (exact) mass is 291 g/mol. The van der Waals surface area contributed by atoms with Crippen LogP contribution < -0.4 is 4.74 Å². The van der Waals surface area contributed by atoms with E-state index in [1.807, 2.05) is 56.3 Å². The molecule has 0 radical (unpaired) electrons. The Labute approximate surface area is 129 Å². The number of aryl methyl sites for hydroxylation is 2. The Balaban J connectivity index is 1.89. The van der Waals surface area contributed by atoms with Crippen molar-refractivity contribution in [2.24, 2.45) is 0 Å². The summed E-state index contributed by atoms with van der Waals surface area (Å²) in [5.74, 6) is 0.297. The SMILES string of the molecule is Cc1nc2ccccc2c(C)c1CC(=O)Oc1ccccc1. The molecule has 110 valence electrons. The number of rotatable bonds is 3. The van der Waals surface area contributed by atoms with Gasteiger partial charge in [0.25, 0.3) is 0 Å². The first-order valence-electron chi connectivity index (χ1n) is 7.25. The molecule has 3 heteroatoms. The first-order chi connectivity index (χ1) is 10.6.